The Bertz CT molecular complexity index is 3430. The van der Waals surface area contributed by atoms with Crippen molar-refractivity contribution in [3.8, 4) is 17.2 Å². The van der Waals surface area contributed by atoms with Crippen LogP contribution in [0.5, 0.6) is 11.5 Å². The number of aromatic nitrogens is 4. The maximum absolute atomic E-state index is 6.63. The van der Waals surface area contributed by atoms with Crippen LogP contribution in [0.3, 0.4) is 0 Å². The van der Waals surface area contributed by atoms with Crippen molar-refractivity contribution in [3.05, 3.63) is 206 Å². The van der Waals surface area contributed by atoms with Crippen LogP contribution < -0.4 is 25.5 Å². The number of para-hydroxylation sites is 2. The molecular formula is C53H36N4OPdSi. The van der Waals surface area contributed by atoms with Gasteiger partial charge in [-0.05, 0) is 52.2 Å². The van der Waals surface area contributed by atoms with Gasteiger partial charge in [0.2, 0.25) is 0 Å². The first-order chi connectivity index (χ1) is 29.0. The van der Waals surface area contributed by atoms with E-state index in [4.69, 9.17) is 14.7 Å². The van der Waals surface area contributed by atoms with Crippen LogP contribution in [0.15, 0.2) is 182 Å². The zero-order valence-corrected chi connectivity index (χ0v) is 35.4. The molecule has 0 spiro atoms. The second-order valence-corrected chi connectivity index (χ2v) is 19.7. The van der Waals surface area contributed by atoms with Crippen LogP contribution >= 0.6 is 0 Å². The van der Waals surface area contributed by atoms with Crippen molar-refractivity contribution in [2.75, 3.05) is 0 Å². The number of benzene rings is 7. The molecule has 0 amide bonds. The van der Waals surface area contributed by atoms with Gasteiger partial charge in [0.25, 0.3) is 0 Å². The van der Waals surface area contributed by atoms with Gasteiger partial charge in [0.15, 0.2) is 0 Å². The number of rotatable bonds is 5. The first-order valence-corrected chi connectivity index (χ1v) is 22.1. The molecule has 0 unspecified atom stereocenters. The Hall–Kier alpha value is -6.62. The van der Waals surface area contributed by atoms with Crippen LogP contribution in [0.2, 0.25) is 0 Å². The molecule has 7 aromatic carbocycles. The summed E-state index contributed by atoms with van der Waals surface area (Å²) in [6.45, 7) is 4.61. The van der Waals surface area contributed by atoms with Gasteiger partial charge < -0.3 is 13.7 Å². The third kappa shape index (κ3) is 5.07. The summed E-state index contributed by atoms with van der Waals surface area (Å²) in [5.41, 5.74) is 6.94. The van der Waals surface area contributed by atoms with Gasteiger partial charge in [-0.2, -0.15) is 23.4 Å². The predicted molar refractivity (Wildman–Crippen MR) is 242 cm³/mol. The van der Waals surface area contributed by atoms with Gasteiger partial charge in [0.1, 0.15) is 25.2 Å². The van der Waals surface area contributed by atoms with E-state index in [1.807, 2.05) is 24.5 Å². The number of imidazole rings is 1. The standard InChI is InChI=1S/C53H36N4OSi.Pd/c1-53(2)44-23-10-12-25-47(44)58-48-29-28-46-49(50(48)53)42-22-14-30-54-52(42)57(46)35-15-13-20-38(33-35)59(36-16-5-3-6-17-36,37-18-7-4-8-19-37)39-26-27-40-41-21-9-11-24-45(41)56-32-31-55-51(56)43(40)34-39;/h3-32H,1-2H3;/q-2;+2. The van der Waals surface area contributed by atoms with Crippen LogP contribution in [-0.2, 0) is 25.8 Å². The average Bonchev–Trinajstić information content (AvgIpc) is 3.92. The molecule has 0 N–H and O–H groups in total. The van der Waals surface area contributed by atoms with Crippen molar-refractivity contribution < 1.29 is 25.2 Å². The summed E-state index contributed by atoms with van der Waals surface area (Å²) in [5, 5.41) is 10.3. The molecule has 7 heteroatoms. The molecular weight excluding hydrogens is 843 g/mol. The van der Waals surface area contributed by atoms with Crippen molar-refractivity contribution in [1.29, 1.82) is 0 Å². The van der Waals surface area contributed by atoms with E-state index in [0.29, 0.717) is 0 Å². The fourth-order valence-electron chi connectivity index (χ4n) is 10.0. The molecule has 288 valence electrons. The number of fused-ring (bicyclic) bond motifs is 12. The molecule has 0 fully saturated rings. The molecule has 60 heavy (non-hydrogen) atoms. The van der Waals surface area contributed by atoms with Gasteiger partial charge in [0.05, 0.1) is 11.2 Å². The first-order valence-electron chi connectivity index (χ1n) is 20.1. The van der Waals surface area contributed by atoms with Gasteiger partial charge in [0, 0.05) is 51.4 Å². The molecule has 0 saturated carbocycles. The van der Waals surface area contributed by atoms with Crippen molar-refractivity contribution in [2.24, 2.45) is 0 Å². The molecule has 11 aromatic rings. The number of ether oxygens (including phenoxy) is 1. The number of hydrogen-bond donors (Lipinski definition) is 0. The normalized spacial score (nSPS) is 13.3. The molecule has 0 saturated heterocycles. The number of hydrogen-bond acceptors (Lipinski definition) is 3. The minimum Gasteiger partial charge on any atom is -0.457 e. The minimum atomic E-state index is -3.12. The first kappa shape index (κ1) is 36.5. The quantitative estimate of drug-likeness (QED) is 0.0750. The Labute approximate surface area is 362 Å². The van der Waals surface area contributed by atoms with Crippen molar-refractivity contribution >= 4 is 78.1 Å². The molecule has 0 bridgehead atoms. The molecule has 0 aliphatic carbocycles. The van der Waals surface area contributed by atoms with Gasteiger partial charge in [-0.25, -0.2) is 4.98 Å². The van der Waals surface area contributed by atoms with Crippen molar-refractivity contribution in [3.63, 3.8) is 0 Å². The van der Waals surface area contributed by atoms with E-state index < -0.39 is 8.07 Å². The molecule has 0 radical (unpaired) electrons. The topological polar surface area (TPSA) is 44.4 Å². The predicted octanol–water partition coefficient (Wildman–Crippen LogP) is 9.54. The molecule has 5 nitrogen and oxygen atoms in total. The molecule has 5 heterocycles. The van der Waals surface area contributed by atoms with Crippen molar-refractivity contribution in [1.82, 2.24) is 18.9 Å². The van der Waals surface area contributed by atoms with Gasteiger partial charge >= 0.3 is 20.4 Å². The maximum Gasteiger partial charge on any atom is 2.00 e. The van der Waals surface area contributed by atoms with Crippen LogP contribution in [0.1, 0.15) is 25.0 Å². The summed E-state index contributed by atoms with van der Waals surface area (Å²) in [6, 6.07) is 66.9. The van der Waals surface area contributed by atoms with Gasteiger partial charge in [-0.15, -0.1) is 34.8 Å². The van der Waals surface area contributed by atoms with Crippen LogP contribution in [-0.4, -0.2) is 27.0 Å². The molecule has 12 rings (SSSR count). The van der Waals surface area contributed by atoms with Crippen LogP contribution in [0, 0.1) is 12.1 Å². The van der Waals surface area contributed by atoms with E-state index in [2.05, 4.69) is 193 Å². The van der Waals surface area contributed by atoms with E-state index >= 15 is 0 Å². The summed E-state index contributed by atoms with van der Waals surface area (Å²) < 4.78 is 11.1. The Morgan fingerprint density at radius 2 is 1.25 bits per heavy atom. The van der Waals surface area contributed by atoms with Gasteiger partial charge in [-0.1, -0.05) is 122 Å². The van der Waals surface area contributed by atoms with Crippen LogP contribution in [0.4, 0.5) is 0 Å². The second kappa shape index (κ2) is 13.7. The number of pyridine rings is 2. The SMILES string of the molecule is CC1(C)c2ccccc2Oc2ccc3c(c21)c1cccnc1n3-c1[c-]c([Si](c2[c-]c3c(cc2)c2ccccc2n2ccnc32)(c2ccccc2)c2ccccc2)ccc1.[Pd+2]. The summed E-state index contributed by atoms with van der Waals surface area (Å²) in [4.78, 5) is 10.0. The van der Waals surface area contributed by atoms with E-state index in [1.54, 1.807) is 0 Å². The summed E-state index contributed by atoms with van der Waals surface area (Å²) in [6.07, 6.45) is 5.83. The monoisotopic (exact) mass is 878 g/mol. The zero-order valence-electron chi connectivity index (χ0n) is 32.8. The average molecular weight is 879 g/mol. The number of nitrogens with zero attached hydrogens (tertiary/aromatic N) is 4. The third-order valence-corrected chi connectivity index (χ3v) is 17.2. The smallest absolute Gasteiger partial charge is 0.457 e. The van der Waals surface area contributed by atoms with E-state index in [9.17, 15) is 0 Å². The minimum absolute atomic E-state index is 0. The second-order valence-electron chi connectivity index (χ2n) is 16.0. The third-order valence-electron chi connectivity index (χ3n) is 12.6. The van der Waals surface area contributed by atoms with E-state index in [0.717, 1.165) is 71.4 Å². The van der Waals surface area contributed by atoms with E-state index in [1.165, 1.54) is 26.9 Å². The molecule has 1 aliphatic rings. The Morgan fingerprint density at radius 3 is 2.07 bits per heavy atom. The van der Waals surface area contributed by atoms with E-state index in [-0.39, 0.29) is 25.8 Å². The molecule has 0 atom stereocenters. The summed E-state index contributed by atoms with van der Waals surface area (Å²) in [5.74, 6) is 1.79. The Kier molecular flexibility index (Phi) is 8.34. The Balaban J connectivity index is 0.00000408. The fourth-order valence-corrected chi connectivity index (χ4v) is 14.6. The Morgan fingerprint density at radius 1 is 0.550 bits per heavy atom. The largest absolute Gasteiger partial charge is 2.00 e. The summed E-state index contributed by atoms with van der Waals surface area (Å²) in [7, 11) is -3.12. The zero-order chi connectivity index (χ0) is 39.3. The fraction of sp³-hybridized carbons (Fsp3) is 0.0566. The van der Waals surface area contributed by atoms with Gasteiger partial charge in [-0.3, -0.25) is 4.98 Å². The van der Waals surface area contributed by atoms with Crippen molar-refractivity contribution in [2.45, 2.75) is 19.3 Å². The molecule has 4 aromatic heterocycles. The maximum atomic E-state index is 6.63. The molecule has 1 aliphatic heterocycles. The summed E-state index contributed by atoms with van der Waals surface area (Å²) >= 11 is 0. The van der Waals surface area contributed by atoms with Crippen LogP contribution in [0.25, 0.3) is 54.9 Å².